The highest BCUT2D eigenvalue weighted by molar-refractivity contribution is 9.10. The summed E-state index contributed by atoms with van der Waals surface area (Å²) < 4.78 is 6.16. The molecule has 1 aliphatic rings. The van der Waals surface area contributed by atoms with Crippen molar-refractivity contribution in [3.8, 4) is 0 Å². The second-order valence-electron chi connectivity index (χ2n) is 4.56. The van der Waals surface area contributed by atoms with Crippen molar-refractivity contribution >= 4 is 27.5 Å². The van der Waals surface area contributed by atoms with Gasteiger partial charge in [0.2, 0.25) is 0 Å². The van der Waals surface area contributed by atoms with E-state index in [0.29, 0.717) is 22.3 Å². The van der Waals surface area contributed by atoms with E-state index in [1.807, 2.05) is 14.0 Å². The van der Waals surface area contributed by atoms with Crippen molar-refractivity contribution in [2.75, 3.05) is 19.4 Å². The third-order valence-electron chi connectivity index (χ3n) is 3.41. The average Bonchev–Trinajstić information content (AvgIpc) is 2.77. The Balaban J connectivity index is 2.23. The van der Waals surface area contributed by atoms with Crippen LogP contribution < -0.4 is 5.73 Å². The molecule has 0 aromatic heterocycles. The molecule has 0 saturated carbocycles. The maximum absolute atomic E-state index is 12.4. The van der Waals surface area contributed by atoms with Gasteiger partial charge in [-0.1, -0.05) is 6.07 Å². The molecule has 2 N–H and O–H groups in total. The monoisotopic (exact) mass is 312 g/mol. The quantitative estimate of drug-likeness (QED) is 0.852. The van der Waals surface area contributed by atoms with Gasteiger partial charge >= 0.3 is 0 Å². The van der Waals surface area contributed by atoms with Gasteiger partial charge < -0.3 is 15.4 Å². The third-order valence-corrected chi connectivity index (χ3v) is 4.30. The van der Waals surface area contributed by atoms with E-state index in [2.05, 4.69) is 15.9 Å². The van der Waals surface area contributed by atoms with Crippen molar-refractivity contribution in [1.82, 2.24) is 4.90 Å². The summed E-state index contributed by atoms with van der Waals surface area (Å²) in [5.74, 6) is -0.0310. The topological polar surface area (TPSA) is 55.6 Å². The van der Waals surface area contributed by atoms with Crippen molar-refractivity contribution in [3.63, 3.8) is 0 Å². The van der Waals surface area contributed by atoms with Gasteiger partial charge in [-0.05, 0) is 41.4 Å². The van der Waals surface area contributed by atoms with E-state index >= 15 is 0 Å². The molecule has 0 bridgehead atoms. The summed E-state index contributed by atoms with van der Waals surface area (Å²) in [6, 6.07) is 5.46. The molecule has 1 aromatic rings. The molecular weight excluding hydrogens is 296 g/mol. The van der Waals surface area contributed by atoms with E-state index in [-0.39, 0.29) is 18.1 Å². The van der Waals surface area contributed by atoms with Crippen LogP contribution in [0, 0.1) is 0 Å². The fourth-order valence-electron chi connectivity index (χ4n) is 2.28. The van der Waals surface area contributed by atoms with E-state index in [4.69, 9.17) is 10.5 Å². The number of nitrogens with two attached hydrogens (primary N) is 1. The van der Waals surface area contributed by atoms with E-state index in [9.17, 15) is 4.79 Å². The first-order valence-electron chi connectivity index (χ1n) is 5.95. The summed E-state index contributed by atoms with van der Waals surface area (Å²) in [6.45, 7) is 2.71. The van der Waals surface area contributed by atoms with Gasteiger partial charge in [-0.15, -0.1) is 0 Å². The molecule has 1 heterocycles. The number of anilines is 1. The van der Waals surface area contributed by atoms with Crippen molar-refractivity contribution in [2.45, 2.75) is 25.5 Å². The first-order chi connectivity index (χ1) is 8.52. The summed E-state index contributed by atoms with van der Waals surface area (Å²) >= 11 is 3.37. The highest BCUT2D eigenvalue weighted by atomic mass is 79.9. The minimum absolute atomic E-state index is 0.0310. The third kappa shape index (κ3) is 2.37. The Morgan fingerprint density at radius 2 is 2.28 bits per heavy atom. The number of hydrogen-bond donors (Lipinski definition) is 1. The van der Waals surface area contributed by atoms with Gasteiger partial charge in [0.1, 0.15) is 0 Å². The SMILES string of the molecule is CC1OCCC1N(C)C(=O)c1cccc(N)c1Br. The Bertz CT molecular complexity index is 464. The molecule has 2 unspecified atom stereocenters. The Kier molecular flexibility index (Phi) is 3.92. The molecule has 4 nitrogen and oxygen atoms in total. The summed E-state index contributed by atoms with van der Waals surface area (Å²) in [6.07, 6.45) is 0.961. The average molecular weight is 313 g/mol. The number of carbonyl (C=O) groups excluding carboxylic acids is 1. The lowest BCUT2D eigenvalue weighted by atomic mass is 10.1. The van der Waals surface area contributed by atoms with Gasteiger partial charge in [0.25, 0.3) is 5.91 Å². The zero-order valence-electron chi connectivity index (χ0n) is 10.5. The van der Waals surface area contributed by atoms with Crippen molar-refractivity contribution in [1.29, 1.82) is 0 Å². The highest BCUT2D eigenvalue weighted by Gasteiger charge is 2.31. The van der Waals surface area contributed by atoms with Crippen LogP contribution in [0.3, 0.4) is 0 Å². The Labute approximate surface area is 115 Å². The number of halogens is 1. The summed E-state index contributed by atoms with van der Waals surface area (Å²) in [4.78, 5) is 14.2. The number of likely N-dealkylation sites (N-methyl/N-ethyl adjacent to an activating group) is 1. The van der Waals surface area contributed by atoms with E-state index < -0.39 is 0 Å². The molecule has 1 fully saturated rings. The Morgan fingerprint density at radius 1 is 1.56 bits per heavy atom. The highest BCUT2D eigenvalue weighted by Crippen LogP contribution is 2.27. The van der Waals surface area contributed by atoms with Crippen LogP contribution in [-0.2, 0) is 4.74 Å². The number of hydrogen-bond acceptors (Lipinski definition) is 3. The predicted octanol–water partition coefficient (Wildman–Crippen LogP) is 2.28. The number of benzene rings is 1. The van der Waals surface area contributed by atoms with Gasteiger partial charge in [0.05, 0.1) is 22.2 Å². The lowest BCUT2D eigenvalue weighted by Crippen LogP contribution is -2.41. The maximum Gasteiger partial charge on any atom is 0.255 e. The molecule has 1 amide bonds. The zero-order valence-corrected chi connectivity index (χ0v) is 12.1. The standard InChI is InChI=1S/C13H17BrN2O2/c1-8-11(6-7-18-8)16(2)13(17)9-4-3-5-10(15)12(9)14/h3-5,8,11H,6-7,15H2,1-2H3. The number of nitrogen functional groups attached to an aromatic ring is 1. The van der Waals surface area contributed by atoms with E-state index in [0.717, 1.165) is 6.42 Å². The molecule has 0 aliphatic carbocycles. The molecule has 0 spiro atoms. The van der Waals surface area contributed by atoms with Crippen molar-refractivity contribution in [2.24, 2.45) is 0 Å². The van der Waals surface area contributed by atoms with Gasteiger partial charge in [0, 0.05) is 19.3 Å². The molecular formula is C13H17BrN2O2. The second-order valence-corrected chi connectivity index (χ2v) is 5.35. The Morgan fingerprint density at radius 3 is 2.89 bits per heavy atom. The molecule has 2 atom stereocenters. The largest absolute Gasteiger partial charge is 0.398 e. The minimum Gasteiger partial charge on any atom is -0.398 e. The number of amides is 1. The second kappa shape index (κ2) is 5.28. The lowest BCUT2D eigenvalue weighted by Gasteiger charge is -2.27. The van der Waals surface area contributed by atoms with Gasteiger partial charge in [-0.2, -0.15) is 0 Å². The molecule has 1 aliphatic heterocycles. The Hall–Kier alpha value is -1.07. The van der Waals surface area contributed by atoms with Crippen molar-refractivity contribution < 1.29 is 9.53 Å². The van der Waals surface area contributed by atoms with Crippen LogP contribution in [0.25, 0.3) is 0 Å². The summed E-state index contributed by atoms with van der Waals surface area (Å²) in [5.41, 5.74) is 6.97. The van der Waals surface area contributed by atoms with E-state index in [1.165, 1.54) is 0 Å². The molecule has 18 heavy (non-hydrogen) atoms. The van der Waals surface area contributed by atoms with Crippen LogP contribution >= 0.6 is 15.9 Å². The number of ether oxygens (including phenoxy) is 1. The molecule has 1 saturated heterocycles. The normalized spacial score (nSPS) is 23.1. The van der Waals surface area contributed by atoms with Crippen LogP contribution in [0.15, 0.2) is 22.7 Å². The van der Waals surface area contributed by atoms with Gasteiger partial charge in [0.15, 0.2) is 0 Å². The van der Waals surface area contributed by atoms with Crippen LogP contribution in [0.1, 0.15) is 23.7 Å². The first-order valence-corrected chi connectivity index (χ1v) is 6.74. The number of nitrogens with zero attached hydrogens (tertiary/aromatic N) is 1. The fraction of sp³-hybridized carbons (Fsp3) is 0.462. The minimum atomic E-state index is -0.0310. The van der Waals surface area contributed by atoms with Gasteiger partial charge in [-0.25, -0.2) is 0 Å². The molecule has 2 rings (SSSR count). The van der Waals surface area contributed by atoms with Crippen molar-refractivity contribution in [3.05, 3.63) is 28.2 Å². The van der Waals surface area contributed by atoms with Crippen LogP contribution in [0.5, 0.6) is 0 Å². The first kappa shape index (κ1) is 13.4. The summed E-state index contributed by atoms with van der Waals surface area (Å²) in [7, 11) is 1.81. The fourth-order valence-corrected chi connectivity index (χ4v) is 2.72. The molecule has 0 radical (unpaired) electrons. The zero-order chi connectivity index (χ0) is 13.3. The molecule has 98 valence electrons. The van der Waals surface area contributed by atoms with Crippen LogP contribution in [0.2, 0.25) is 0 Å². The van der Waals surface area contributed by atoms with Gasteiger partial charge in [-0.3, -0.25) is 4.79 Å². The lowest BCUT2D eigenvalue weighted by molar-refractivity contribution is 0.0574. The predicted molar refractivity (Wildman–Crippen MR) is 74.5 cm³/mol. The summed E-state index contributed by atoms with van der Waals surface area (Å²) in [5, 5.41) is 0. The van der Waals surface area contributed by atoms with E-state index in [1.54, 1.807) is 23.1 Å². The smallest absolute Gasteiger partial charge is 0.255 e. The molecule has 1 aromatic carbocycles. The van der Waals surface area contributed by atoms with Crippen LogP contribution in [0.4, 0.5) is 5.69 Å². The molecule has 5 heteroatoms. The van der Waals surface area contributed by atoms with Crippen LogP contribution in [-0.4, -0.2) is 36.6 Å². The number of rotatable bonds is 2. The maximum atomic E-state index is 12.4. The number of carbonyl (C=O) groups is 1.